The van der Waals surface area contributed by atoms with Crippen LogP contribution in [0.1, 0.15) is 33.2 Å². The lowest BCUT2D eigenvalue weighted by Crippen LogP contribution is -2.06. The van der Waals surface area contributed by atoms with Gasteiger partial charge in [0.25, 0.3) is 0 Å². The third kappa shape index (κ3) is 3.69. The minimum absolute atomic E-state index is 0.0380. The first-order valence-electron chi connectivity index (χ1n) is 6.52. The maximum absolute atomic E-state index is 12.0. The zero-order valence-corrected chi connectivity index (χ0v) is 12.0. The van der Waals surface area contributed by atoms with E-state index in [9.17, 15) is 9.59 Å². The van der Waals surface area contributed by atoms with E-state index >= 15 is 0 Å². The molecule has 0 bridgehead atoms. The Morgan fingerprint density at radius 2 is 1.57 bits per heavy atom. The van der Waals surface area contributed by atoms with Crippen molar-refractivity contribution in [2.24, 2.45) is 0 Å². The third-order valence-corrected chi connectivity index (χ3v) is 3.08. The van der Waals surface area contributed by atoms with Crippen molar-refractivity contribution >= 4 is 11.8 Å². The molecule has 0 amide bonds. The zero-order chi connectivity index (χ0) is 15.2. The third-order valence-electron chi connectivity index (χ3n) is 3.08. The molecule has 2 aromatic carbocycles. The minimum Gasteiger partial charge on any atom is -0.496 e. The first kappa shape index (κ1) is 14.8. The van der Waals surface area contributed by atoms with Gasteiger partial charge in [0.1, 0.15) is 12.4 Å². The van der Waals surface area contributed by atoms with Gasteiger partial charge in [-0.15, -0.1) is 0 Å². The molecule has 108 valence electrons. The minimum atomic E-state index is -0.434. The Morgan fingerprint density at radius 1 is 0.952 bits per heavy atom. The average Bonchev–Trinajstić information content (AvgIpc) is 2.52. The summed E-state index contributed by atoms with van der Waals surface area (Å²) < 4.78 is 10.4. The van der Waals surface area contributed by atoms with Crippen molar-refractivity contribution < 1.29 is 19.1 Å². The highest BCUT2D eigenvalue weighted by Gasteiger charge is 2.10. The van der Waals surface area contributed by atoms with Crippen molar-refractivity contribution in [2.75, 3.05) is 7.11 Å². The lowest BCUT2D eigenvalue weighted by atomic mass is 10.1. The highest BCUT2D eigenvalue weighted by molar-refractivity contribution is 5.96. The fourth-order valence-electron chi connectivity index (χ4n) is 1.89. The zero-order valence-electron chi connectivity index (χ0n) is 12.0. The van der Waals surface area contributed by atoms with Crippen LogP contribution in [0.25, 0.3) is 0 Å². The Balaban J connectivity index is 2.03. The lowest BCUT2D eigenvalue weighted by Gasteiger charge is -2.09. The van der Waals surface area contributed by atoms with Crippen LogP contribution in [-0.4, -0.2) is 18.9 Å². The molecule has 0 spiro atoms. The van der Waals surface area contributed by atoms with Crippen LogP contribution in [-0.2, 0) is 11.3 Å². The standard InChI is InChI=1S/C17H16O4/c1-12(18)13-7-9-14(10-8-13)17(19)21-11-15-5-3-4-6-16(15)20-2/h3-10H,11H2,1-2H3. The van der Waals surface area contributed by atoms with Crippen LogP contribution >= 0.6 is 0 Å². The molecule has 4 heteroatoms. The number of carbonyl (C=O) groups excluding carboxylic acids is 2. The van der Waals surface area contributed by atoms with Gasteiger partial charge in [-0.1, -0.05) is 30.3 Å². The van der Waals surface area contributed by atoms with E-state index < -0.39 is 5.97 Å². The number of para-hydroxylation sites is 1. The van der Waals surface area contributed by atoms with Gasteiger partial charge in [0.05, 0.1) is 12.7 Å². The largest absolute Gasteiger partial charge is 0.496 e. The molecule has 2 rings (SSSR count). The van der Waals surface area contributed by atoms with E-state index in [1.807, 2.05) is 24.3 Å². The van der Waals surface area contributed by atoms with E-state index in [-0.39, 0.29) is 12.4 Å². The SMILES string of the molecule is COc1ccccc1COC(=O)c1ccc(C(C)=O)cc1. The Morgan fingerprint density at radius 3 is 2.19 bits per heavy atom. The van der Waals surface area contributed by atoms with E-state index in [0.717, 1.165) is 5.56 Å². The second kappa shape index (κ2) is 6.70. The molecular formula is C17H16O4. The number of hydrogen-bond donors (Lipinski definition) is 0. The number of esters is 1. The summed E-state index contributed by atoms with van der Waals surface area (Å²) in [6.45, 7) is 1.62. The molecule has 0 saturated heterocycles. The van der Waals surface area contributed by atoms with Gasteiger partial charge in [-0.25, -0.2) is 4.79 Å². The molecule has 0 aromatic heterocycles. The Hall–Kier alpha value is -2.62. The number of ketones is 1. The van der Waals surface area contributed by atoms with E-state index in [1.54, 1.807) is 31.4 Å². The van der Waals surface area contributed by atoms with Gasteiger partial charge < -0.3 is 9.47 Å². The molecule has 21 heavy (non-hydrogen) atoms. The van der Waals surface area contributed by atoms with E-state index in [1.165, 1.54) is 6.92 Å². The molecule has 2 aromatic rings. The average molecular weight is 284 g/mol. The van der Waals surface area contributed by atoms with Gasteiger partial charge in [-0.3, -0.25) is 4.79 Å². The monoisotopic (exact) mass is 284 g/mol. The number of methoxy groups -OCH3 is 1. The molecule has 0 unspecified atom stereocenters. The van der Waals surface area contributed by atoms with Crippen molar-refractivity contribution in [2.45, 2.75) is 13.5 Å². The number of rotatable bonds is 5. The van der Waals surface area contributed by atoms with Gasteiger partial charge in [0.15, 0.2) is 5.78 Å². The summed E-state index contributed by atoms with van der Waals surface area (Å²) in [6, 6.07) is 13.8. The van der Waals surface area contributed by atoms with Crippen LogP contribution in [0, 0.1) is 0 Å². The first-order chi connectivity index (χ1) is 10.1. The quantitative estimate of drug-likeness (QED) is 0.624. The number of ether oxygens (including phenoxy) is 2. The first-order valence-corrected chi connectivity index (χ1v) is 6.52. The topological polar surface area (TPSA) is 52.6 Å². The Labute approximate surface area is 123 Å². The molecule has 4 nitrogen and oxygen atoms in total. The van der Waals surface area contributed by atoms with Crippen molar-refractivity contribution in [3.63, 3.8) is 0 Å². The van der Waals surface area contributed by atoms with Gasteiger partial charge in [-0.2, -0.15) is 0 Å². The number of benzene rings is 2. The Bertz CT molecular complexity index is 644. The van der Waals surface area contributed by atoms with E-state index in [2.05, 4.69) is 0 Å². The number of carbonyl (C=O) groups is 2. The Kier molecular flexibility index (Phi) is 4.72. The molecule has 0 aliphatic rings. The molecule has 0 saturated carbocycles. The van der Waals surface area contributed by atoms with Crippen molar-refractivity contribution in [1.82, 2.24) is 0 Å². The molecule has 0 heterocycles. The molecule has 0 atom stereocenters. The molecular weight excluding hydrogens is 268 g/mol. The van der Waals surface area contributed by atoms with Crippen molar-refractivity contribution in [1.29, 1.82) is 0 Å². The maximum Gasteiger partial charge on any atom is 0.338 e. The van der Waals surface area contributed by atoms with Crippen molar-refractivity contribution in [3.05, 3.63) is 65.2 Å². The van der Waals surface area contributed by atoms with E-state index in [4.69, 9.17) is 9.47 Å². The van der Waals surface area contributed by atoms with Gasteiger partial charge in [0.2, 0.25) is 0 Å². The van der Waals surface area contributed by atoms with Crippen LogP contribution in [0.15, 0.2) is 48.5 Å². The summed E-state index contributed by atoms with van der Waals surface area (Å²) in [5.74, 6) is 0.206. The summed E-state index contributed by atoms with van der Waals surface area (Å²) >= 11 is 0. The van der Waals surface area contributed by atoms with Gasteiger partial charge >= 0.3 is 5.97 Å². The van der Waals surface area contributed by atoms with Crippen LogP contribution in [0.5, 0.6) is 5.75 Å². The number of Topliss-reactive ketones (excluding diaryl/α,β-unsaturated/α-hetero) is 1. The van der Waals surface area contributed by atoms with Crippen LogP contribution in [0.2, 0.25) is 0 Å². The molecule has 0 aliphatic heterocycles. The molecule has 0 aliphatic carbocycles. The molecule has 0 radical (unpaired) electrons. The number of hydrogen-bond acceptors (Lipinski definition) is 4. The summed E-state index contributed by atoms with van der Waals surface area (Å²) in [6.07, 6.45) is 0. The van der Waals surface area contributed by atoms with Crippen LogP contribution < -0.4 is 4.74 Å². The fourth-order valence-corrected chi connectivity index (χ4v) is 1.89. The fraction of sp³-hybridized carbons (Fsp3) is 0.176. The summed E-state index contributed by atoms with van der Waals surface area (Å²) in [4.78, 5) is 23.1. The normalized spacial score (nSPS) is 10.0. The van der Waals surface area contributed by atoms with E-state index in [0.29, 0.717) is 16.9 Å². The summed E-state index contributed by atoms with van der Waals surface area (Å²) in [7, 11) is 1.57. The second-order valence-corrected chi connectivity index (χ2v) is 4.52. The predicted molar refractivity (Wildman–Crippen MR) is 78.6 cm³/mol. The lowest BCUT2D eigenvalue weighted by molar-refractivity contribution is 0.0470. The van der Waals surface area contributed by atoms with Gasteiger partial charge in [0, 0.05) is 11.1 Å². The van der Waals surface area contributed by atoms with Crippen molar-refractivity contribution in [3.8, 4) is 5.75 Å². The highest BCUT2D eigenvalue weighted by atomic mass is 16.5. The van der Waals surface area contributed by atoms with Gasteiger partial charge in [-0.05, 0) is 25.1 Å². The second-order valence-electron chi connectivity index (χ2n) is 4.52. The maximum atomic E-state index is 12.0. The molecule has 0 fully saturated rings. The van der Waals surface area contributed by atoms with Crippen LogP contribution in [0.4, 0.5) is 0 Å². The predicted octanol–water partition coefficient (Wildman–Crippen LogP) is 3.25. The summed E-state index contributed by atoms with van der Waals surface area (Å²) in [5.41, 5.74) is 1.78. The molecule has 0 N–H and O–H groups in total. The van der Waals surface area contributed by atoms with Crippen LogP contribution in [0.3, 0.4) is 0 Å². The smallest absolute Gasteiger partial charge is 0.338 e. The summed E-state index contributed by atoms with van der Waals surface area (Å²) in [5, 5.41) is 0. The highest BCUT2D eigenvalue weighted by Crippen LogP contribution is 2.18.